The summed E-state index contributed by atoms with van der Waals surface area (Å²) in [6.45, 7) is 13.4. The molecule has 6 heterocycles. The third-order valence-electron chi connectivity index (χ3n) is 16.1. The second kappa shape index (κ2) is 24.2. The molecule has 0 bridgehead atoms. The van der Waals surface area contributed by atoms with Gasteiger partial charge in [0.15, 0.2) is 11.6 Å². The number of rotatable bonds is 18. The molecule has 0 saturated carbocycles. The lowest BCUT2D eigenvalue weighted by atomic mass is 9.95. The Hall–Kier alpha value is -7.36. The fourth-order valence-electron chi connectivity index (χ4n) is 11.8. The van der Waals surface area contributed by atoms with E-state index in [1.54, 1.807) is 34.8 Å². The standard InChI is InChI=1S/C70H58N4O2S6/c1-7-11-17-41(9-3)29-45-23-25-57(77-45)63-55-33-59(67-39(5)27-47(79-67)31-53-61(43(35-71)36-72)49-19-13-15-21-51(49)65(53)75)82-70(55)64(58-26-24-46(78-58)30-42(10-4)18-12-8-2)56-34-60(81-69(56)63)68-40(6)28-48(80-68)32-54-62(44(37-73)38-74)50-20-14-16-22-52(50)66(54)76/h13-16,19-28,31-34,41-42H,7-12,17-18,29-30H2,1-6H3/b53-31-,54-32-. The molecule has 0 radical (unpaired) electrons. The molecule has 0 spiro atoms. The predicted octanol–water partition coefficient (Wildman–Crippen LogP) is 21.3. The monoisotopic (exact) mass is 1180 g/mol. The maximum absolute atomic E-state index is 14.1. The number of ketones is 2. The Morgan fingerprint density at radius 1 is 0.488 bits per heavy atom. The summed E-state index contributed by atoms with van der Waals surface area (Å²) < 4.78 is 2.45. The first-order chi connectivity index (χ1) is 39.9. The summed E-state index contributed by atoms with van der Waals surface area (Å²) in [5.41, 5.74) is 8.20. The van der Waals surface area contributed by atoms with E-state index in [0.29, 0.717) is 56.4 Å². The highest BCUT2D eigenvalue weighted by molar-refractivity contribution is 7.29. The highest BCUT2D eigenvalue weighted by Gasteiger charge is 2.35. The number of nitriles is 4. The van der Waals surface area contributed by atoms with Crippen molar-refractivity contribution in [3.8, 4) is 64.7 Å². The molecule has 6 nitrogen and oxygen atoms in total. The molecule has 82 heavy (non-hydrogen) atoms. The van der Waals surface area contributed by atoms with E-state index >= 15 is 0 Å². The normalized spacial score (nSPS) is 14.6. The summed E-state index contributed by atoms with van der Waals surface area (Å²) in [4.78, 5) is 39.7. The number of carbonyl (C=O) groups excluding carboxylic acids is 2. The highest BCUT2D eigenvalue weighted by Crippen LogP contribution is 2.56. The van der Waals surface area contributed by atoms with E-state index in [9.17, 15) is 30.6 Å². The van der Waals surface area contributed by atoms with Crippen molar-refractivity contribution in [1.29, 1.82) is 21.0 Å². The number of thiophene rings is 6. The minimum absolute atomic E-state index is 0.0754. The molecule has 0 N–H and O–H groups in total. The molecule has 9 aromatic rings. The SMILES string of the molecule is CCCCC(CC)Cc1ccc(-c2c3cc(-c4sc(/C=C5\C(=O)c6ccccc6C5=C(C#N)C#N)cc4C)sc3c(-c3ccc(CC(CC)CCCC)s3)c3cc(-c4sc(/C=C5\C(=O)c6ccccc6C5=C(C#N)C#N)cc4C)sc23)s1. The van der Waals surface area contributed by atoms with Crippen LogP contribution in [0.1, 0.15) is 142 Å². The van der Waals surface area contributed by atoms with Crippen LogP contribution in [0.3, 0.4) is 0 Å². The van der Waals surface area contributed by atoms with Gasteiger partial charge in [0.05, 0.1) is 0 Å². The van der Waals surface area contributed by atoms with Gasteiger partial charge in [-0.1, -0.05) is 128 Å². The zero-order valence-electron chi connectivity index (χ0n) is 46.7. The molecule has 0 amide bonds. The van der Waals surface area contributed by atoms with Gasteiger partial charge in [-0.3, -0.25) is 9.59 Å². The molecular weight excluding hydrogens is 1120 g/mol. The van der Waals surface area contributed by atoms with Crippen LogP contribution in [0.15, 0.2) is 119 Å². The van der Waals surface area contributed by atoms with Gasteiger partial charge < -0.3 is 0 Å². The minimum Gasteiger partial charge on any atom is -0.289 e. The quantitative estimate of drug-likeness (QED) is 0.0621. The van der Waals surface area contributed by atoms with Gasteiger partial charge in [-0.2, -0.15) is 21.0 Å². The van der Waals surface area contributed by atoms with Crippen LogP contribution in [0.25, 0.3) is 83.9 Å². The molecule has 2 unspecified atom stereocenters. The van der Waals surface area contributed by atoms with Crippen molar-refractivity contribution >= 4 is 123 Å². The van der Waals surface area contributed by atoms with E-state index in [2.05, 4.69) is 114 Å². The molecule has 2 aliphatic carbocycles. The Labute approximate surface area is 504 Å². The van der Waals surface area contributed by atoms with Crippen LogP contribution in [0.4, 0.5) is 0 Å². The van der Waals surface area contributed by atoms with E-state index in [-0.39, 0.29) is 22.7 Å². The largest absolute Gasteiger partial charge is 0.289 e. The molecule has 12 heteroatoms. The first kappa shape index (κ1) is 56.5. The molecule has 2 atom stereocenters. The van der Waals surface area contributed by atoms with Crippen molar-refractivity contribution in [3.05, 3.63) is 172 Å². The van der Waals surface area contributed by atoms with E-state index < -0.39 is 0 Å². The van der Waals surface area contributed by atoms with Crippen molar-refractivity contribution in [2.75, 3.05) is 0 Å². The number of fused-ring (bicyclic) bond motifs is 4. The number of Topliss-reactive ketones (excluding diaryl/α,β-unsaturated/α-hetero) is 2. The number of allylic oxidation sites excluding steroid dienone is 6. The van der Waals surface area contributed by atoms with Gasteiger partial charge in [0.2, 0.25) is 0 Å². The van der Waals surface area contributed by atoms with E-state index in [4.69, 9.17) is 0 Å². The van der Waals surface area contributed by atoms with Crippen molar-refractivity contribution < 1.29 is 9.59 Å². The Morgan fingerprint density at radius 3 is 1.24 bits per heavy atom. The second-order valence-electron chi connectivity index (χ2n) is 21.4. The fraction of sp³-hybridized carbons (Fsp3) is 0.257. The van der Waals surface area contributed by atoms with E-state index in [1.165, 1.54) is 89.3 Å². The molecule has 6 aromatic heterocycles. The van der Waals surface area contributed by atoms with Gasteiger partial charge in [0.1, 0.15) is 35.4 Å². The van der Waals surface area contributed by atoms with Crippen LogP contribution in [0.5, 0.6) is 0 Å². The Morgan fingerprint density at radius 2 is 0.878 bits per heavy atom. The van der Waals surface area contributed by atoms with Crippen LogP contribution in [0.2, 0.25) is 0 Å². The smallest absolute Gasteiger partial charge is 0.194 e. The summed E-state index contributed by atoms with van der Waals surface area (Å²) in [6.07, 6.45) is 15.4. The van der Waals surface area contributed by atoms with Crippen LogP contribution in [0, 0.1) is 71.0 Å². The zero-order chi connectivity index (χ0) is 57.3. The van der Waals surface area contributed by atoms with Crippen LogP contribution in [-0.2, 0) is 12.8 Å². The zero-order valence-corrected chi connectivity index (χ0v) is 51.6. The van der Waals surface area contributed by atoms with Gasteiger partial charge in [-0.05, 0) is 121 Å². The summed E-state index contributed by atoms with van der Waals surface area (Å²) in [5, 5.41) is 42.8. The number of aryl methyl sites for hydroxylation is 2. The summed E-state index contributed by atoms with van der Waals surface area (Å²) in [7, 11) is 0. The lowest BCUT2D eigenvalue weighted by Gasteiger charge is -2.13. The number of nitrogens with zero attached hydrogens (tertiary/aromatic N) is 4. The second-order valence-corrected chi connectivity index (χ2v) is 28.0. The van der Waals surface area contributed by atoms with Crippen molar-refractivity contribution in [2.24, 2.45) is 11.8 Å². The topological polar surface area (TPSA) is 129 Å². The number of unbranched alkanes of at least 4 members (excludes halogenated alkanes) is 2. The molecule has 0 fully saturated rings. The van der Waals surface area contributed by atoms with Gasteiger partial charge in [0, 0.05) is 113 Å². The first-order valence-electron chi connectivity index (χ1n) is 28.2. The summed E-state index contributed by atoms with van der Waals surface area (Å²) in [5.74, 6) is 0.858. The lowest BCUT2D eigenvalue weighted by Crippen LogP contribution is -2.01. The summed E-state index contributed by atoms with van der Waals surface area (Å²) >= 11 is 10.7. The predicted molar refractivity (Wildman–Crippen MR) is 348 cm³/mol. The van der Waals surface area contributed by atoms with Gasteiger partial charge in [0.25, 0.3) is 0 Å². The van der Waals surface area contributed by atoms with Gasteiger partial charge in [-0.25, -0.2) is 0 Å². The highest BCUT2D eigenvalue weighted by atomic mass is 32.1. The third-order valence-corrected chi connectivity index (χ3v) is 23.4. The average molecular weight is 1180 g/mol. The van der Waals surface area contributed by atoms with Crippen molar-refractivity contribution in [3.63, 3.8) is 0 Å². The molecule has 0 aliphatic heterocycles. The number of hydrogen-bond acceptors (Lipinski definition) is 12. The number of hydrogen-bond donors (Lipinski definition) is 0. The van der Waals surface area contributed by atoms with Crippen molar-refractivity contribution in [1.82, 2.24) is 0 Å². The molecular formula is C70H58N4O2S6. The molecule has 406 valence electrons. The molecule has 0 saturated heterocycles. The molecule has 3 aromatic carbocycles. The Balaban J connectivity index is 1.11. The number of benzene rings is 3. The van der Waals surface area contributed by atoms with Crippen LogP contribution < -0.4 is 0 Å². The lowest BCUT2D eigenvalue weighted by molar-refractivity contribution is 0.103. The molecule has 2 aliphatic rings. The number of carbonyl (C=O) groups is 2. The average Bonchev–Trinajstić information content (AvgIpc) is 3.76. The van der Waals surface area contributed by atoms with Gasteiger partial charge >= 0.3 is 0 Å². The van der Waals surface area contributed by atoms with Crippen LogP contribution >= 0.6 is 68.0 Å². The van der Waals surface area contributed by atoms with E-state index in [1.807, 2.05) is 93.9 Å². The van der Waals surface area contributed by atoms with Gasteiger partial charge in [-0.15, -0.1) is 68.0 Å². The maximum Gasteiger partial charge on any atom is 0.194 e. The van der Waals surface area contributed by atoms with E-state index in [0.717, 1.165) is 66.1 Å². The third kappa shape index (κ3) is 10.5. The fourth-order valence-corrected chi connectivity index (χ4v) is 19.4. The van der Waals surface area contributed by atoms with Crippen molar-refractivity contribution in [2.45, 2.75) is 106 Å². The minimum atomic E-state index is -0.189. The summed E-state index contributed by atoms with van der Waals surface area (Å²) in [6, 6.07) is 41.2. The molecule has 11 rings (SSSR count). The maximum atomic E-state index is 14.1. The first-order valence-corrected chi connectivity index (χ1v) is 33.1. The van der Waals surface area contributed by atoms with Crippen LogP contribution in [-0.4, -0.2) is 11.6 Å². The Kier molecular flexibility index (Phi) is 16.7. The Bertz CT molecular complexity index is 4000.